The van der Waals surface area contributed by atoms with Gasteiger partial charge in [-0.1, -0.05) is 0 Å². The average Bonchev–Trinajstić information content (AvgIpc) is 2.38. The number of hydrogen-bond donors (Lipinski definition) is 2. The van der Waals surface area contributed by atoms with E-state index in [4.69, 9.17) is 9.47 Å². The number of aryl methyl sites for hydroxylation is 1. The first-order chi connectivity index (χ1) is 8.62. The molecule has 0 spiro atoms. The molecule has 0 fully saturated rings. The fourth-order valence-electron chi connectivity index (χ4n) is 1.57. The SMILES string of the molecule is CNCCC(=O)Nc1cc(OC)c(OC)cc1C.Cl. The van der Waals surface area contributed by atoms with Crippen LogP contribution in [0.3, 0.4) is 0 Å². The predicted molar refractivity (Wildman–Crippen MR) is 78.7 cm³/mol. The van der Waals surface area contributed by atoms with Gasteiger partial charge in [-0.2, -0.15) is 0 Å². The Kier molecular flexibility index (Phi) is 7.95. The lowest BCUT2D eigenvalue weighted by Crippen LogP contribution is -2.19. The van der Waals surface area contributed by atoms with E-state index in [9.17, 15) is 4.79 Å². The minimum Gasteiger partial charge on any atom is -0.493 e. The molecule has 1 aromatic rings. The van der Waals surface area contributed by atoms with Crippen LogP contribution < -0.4 is 20.1 Å². The third kappa shape index (κ3) is 4.96. The second-order valence-electron chi connectivity index (χ2n) is 3.92. The van der Waals surface area contributed by atoms with E-state index in [1.807, 2.05) is 20.0 Å². The highest BCUT2D eigenvalue weighted by atomic mass is 35.5. The van der Waals surface area contributed by atoms with Crippen molar-refractivity contribution < 1.29 is 14.3 Å². The van der Waals surface area contributed by atoms with Gasteiger partial charge in [0.05, 0.1) is 14.2 Å². The van der Waals surface area contributed by atoms with Gasteiger partial charge in [0.25, 0.3) is 0 Å². The van der Waals surface area contributed by atoms with E-state index in [1.54, 1.807) is 20.3 Å². The molecule has 1 rings (SSSR count). The number of anilines is 1. The Morgan fingerprint density at radius 1 is 1.21 bits per heavy atom. The first kappa shape index (κ1) is 17.5. The van der Waals surface area contributed by atoms with E-state index >= 15 is 0 Å². The summed E-state index contributed by atoms with van der Waals surface area (Å²) in [4.78, 5) is 11.7. The van der Waals surface area contributed by atoms with Gasteiger partial charge in [0.15, 0.2) is 11.5 Å². The normalized spacial score (nSPS) is 9.47. The third-order valence-electron chi connectivity index (χ3n) is 2.61. The zero-order valence-electron chi connectivity index (χ0n) is 11.7. The van der Waals surface area contributed by atoms with Crippen LogP contribution in [0.15, 0.2) is 12.1 Å². The van der Waals surface area contributed by atoms with Gasteiger partial charge >= 0.3 is 0 Å². The van der Waals surface area contributed by atoms with Gasteiger partial charge in [-0.3, -0.25) is 4.79 Å². The third-order valence-corrected chi connectivity index (χ3v) is 2.61. The summed E-state index contributed by atoms with van der Waals surface area (Å²) in [6.07, 6.45) is 0.435. The first-order valence-corrected chi connectivity index (χ1v) is 5.79. The van der Waals surface area contributed by atoms with E-state index < -0.39 is 0 Å². The van der Waals surface area contributed by atoms with Gasteiger partial charge in [0, 0.05) is 24.7 Å². The number of rotatable bonds is 6. The van der Waals surface area contributed by atoms with E-state index in [1.165, 1.54) is 0 Å². The Balaban J connectivity index is 0.00000324. The van der Waals surface area contributed by atoms with Gasteiger partial charge in [-0.05, 0) is 25.6 Å². The van der Waals surface area contributed by atoms with Crippen molar-refractivity contribution in [2.24, 2.45) is 0 Å². The molecular weight excluding hydrogens is 268 g/mol. The molecule has 0 saturated heterocycles. The van der Waals surface area contributed by atoms with Crippen LogP contribution in [0.5, 0.6) is 11.5 Å². The molecule has 0 bridgehead atoms. The Morgan fingerprint density at radius 2 is 1.79 bits per heavy atom. The molecule has 2 N–H and O–H groups in total. The van der Waals surface area contributed by atoms with Crippen LogP contribution in [-0.4, -0.2) is 33.7 Å². The van der Waals surface area contributed by atoms with Crippen molar-refractivity contribution in [2.45, 2.75) is 13.3 Å². The Labute approximate surface area is 120 Å². The number of benzene rings is 1. The molecule has 0 aliphatic carbocycles. The fraction of sp³-hybridized carbons (Fsp3) is 0.462. The zero-order valence-corrected chi connectivity index (χ0v) is 12.5. The summed E-state index contributed by atoms with van der Waals surface area (Å²) in [6, 6.07) is 3.61. The van der Waals surface area contributed by atoms with Crippen molar-refractivity contribution >= 4 is 24.0 Å². The van der Waals surface area contributed by atoms with E-state index in [-0.39, 0.29) is 18.3 Å². The van der Waals surface area contributed by atoms with Crippen molar-refractivity contribution in [2.75, 3.05) is 33.1 Å². The maximum Gasteiger partial charge on any atom is 0.225 e. The van der Waals surface area contributed by atoms with Crippen molar-refractivity contribution in [1.29, 1.82) is 0 Å². The molecule has 0 atom stereocenters. The number of nitrogens with one attached hydrogen (secondary N) is 2. The van der Waals surface area contributed by atoms with Gasteiger partial charge < -0.3 is 20.1 Å². The van der Waals surface area contributed by atoms with Crippen LogP contribution in [-0.2, 0) is 4.79 Å². The number of ether oxygens (including phenoxy) is 2. The molecule has 0 aliphatic heterocycles. The summed E-state index contributed by atoms with van der Waals surface area (Å²) in [5.41, 5.74) is 1.68. The first-order valence-electron chi connectivity index (χ1n) is 5.79. The molecule has 19 heavy (non-hydrogen) atoms. The highest BCUT2D eigenvalue weighted by Crippen LogP contribution is 2.32. The van der Waals surface area contributed by atoms with Crippen molar-refractivity contribution in [3.05, 3.63) is 17.7 Å². The lowest BCUT2D eigenvalue weighted by Gasteiger charge is -2.13. The summed E-state index contributed by atoms with van der Waals surface area (Å²) < 4.78 is 10.4. The summed E-state index contributed by atoms with van der Waals surface area (Å²) in [5, 5.41) is 5.79. The minimum atomic E-state index is -0.0281. The van der Waals surface area contributed by atoms with Crippen molar-refractivity contribution in [3.8, 4) is 11.5 Å². The second-order valence-corrected chi connectivity index (χ2v) is 3.92. The maximum absolute atomic E-state index is 11.7. The van der Waals surface area contributed by atoms with Gasteiger partial charge in [-0.25, -0.2) is 0 Å². The molecule has 0 aliphatic rings. The zero-order chi connectivity index (χ0) is 13.5. The molecule has 0 heterocycles. The molecule has 108 valence electrons. The van der Waals surface area contributed by atoms with E-state index in [0.717, 1.165) is 11.3 Å². The standard InChI is InChI=1S/C13H20N2O3.ClH/c1-9-7-11(17-3)12(18-4)8-10(9)15-13(16)5-6-14-2;/h7-8,14H,5-6H2,1-4H3,(H,15,16);1H. The topological polar surface area (TPSA) is 59.6 Å². The Bertz CT molecular complexity index is 425. The van der Waals surface area contributed by atoms with Crippen molar-refractivity contribution in [3.63, 3.8) is 0 Å². The molecule has 0 saturated carbocycles. The number of halogens is 1. The van der Waals surface area contributed by atoms with Crippen LogP contribution >= 0.6 is 12.4 Å². The molecule has 1 aromatic carbocycles. The number of carbonyl (C=O) groups is 1. The average molecular weight is 289 g/mol. The Hall–Kier alpha value is -1.46. The monoisotopic (exact) mass is 288 g/mol. The summed E-state index contributed by atoms with van der Waals surface area (Å²) in [5.74, 6) is 1.23. The highest BCUT2D eigenvalue weighted by Gasteiger charge is 2.10. The van der Waals surface area contributed by atoms with Crippen LogP contribution in [0, 0.1) is 6.92 Å². The predicted octanol–water partition coefficient (Wildman–Crippen LogP) is 1.98. The minimum absolute atomic E-state index is 0. The summed E-state index contributed by atoms with van der Waals surface area (Å²) in [6.45, 7) is 2.56. The fourth-order valence-corrected chi connectivity index (χ4v) is 1.57. The molecule has 1 amide bonds. The molecule has 6 heteroatoms. The van der Waals surface area contributed by atoms with Gasteiger partial charge in [0.1, 0.15) is 0 Å². The molecular formula is C13H21ClN2O3. The van der Waals surface area contributed by atoms with Crippen LogP contribution in [0.1, 0.15) is 12.0 Å². The van der Waals surface area contributed by atoms with E-state index in [0.29, 0.717) is 24.5 Å². The number of hydrogen-bond acceptors (Lipinski definition) is 4. The van der Waals surface area contributed by atoms with E-state index in [2.05, 4.69) is 10.6 Å². The number of amides is 1. The maximum atomic E-state index is 11.7. The van der Waals surface area contributed by atoms with Crippen LogP contribution in [0.2, 0.25) is 0 Å². The summed E-state index contributed by atoms with van der Waals surface area (Å²) in [7, 11) is 4.97. The van der Waals surface area contributed by atoms with Crippen LogP contribution in [0.4, 0.5) is 5.69 Å². The summed E-state index contributed by atoms with van der Waals surface area (Å²) >= 11 is 0. The quantitative estimate of drug-likeness (QED) is 0.840. The lowest BCUT2D eigenvalue weighted by molar-refractivity contribution is -0.116. The molecule has 0 aromatic heterocycles. The second kappa shape index (κ2) is 8.61. The van der Waals surface area contributed by atoms with Gasteiger partial charge in [0.2, 0.25) is 5.91 Å². The highest BCUT2D eigenvalue weighted by molar-refractivity contribution is 5.92. The molecule has 0 radical (unpaired) electrons. The number of carbonyl (C=O) groups excluding carboxylic acids is 1. The number of methoxy groups -OCH3 is 2. The van der Waals surface area contributed by atoms with Crippen molar-refractivity contribution in [1.82, 2.24) is 5.32 Å². The lowest BCUT2D eigenvalue weighted by atomic mass is 10.1. The van der Waals surface area contributed by atoms with Gasteiger partial charge in [-0.15, -0.1) is 12.4 Å². The Morgan fingerprint density at radius 3 is 2.32 bits per heavy atom. The molecule has 0 unspecified atom stereocenters. The molecule has 5 nitrogen and oxygen atoms in total. The largest absolute Gasteiger partial charge is 0.493 e. The smallest absolute Gasteiger partial charge is 0.225 e. The van der Waals surface area contributed by atoms with Crippen LogP contribution in [0.25, 0.3) is 0 Å².